The highest BCUT2D eigenvalue weighted by Crippen LogP contribution is 2.31. The fraction of sp³-hybridized carbons (Fsp3) is 0.429. The van der Waals surface area contributed by atoms with Gasteiger partial charge in [-0.15, -0.1) is 0 Å². The molecule has 2 aliphatic heterocycles. The first-order chi connectivity index (χ1) is 13.0. The predicted molar refractivity (Wildman–Crippen MR) is 103 cm³/mol. The van der Waals surface area contributed by atoms with Crippen molar-refractivity contribution in [3.05, 3.63) is 53.2 Å². The zero-order valence-electron chi connectivity index (χ0n) is 15.8. The molecule has 142 valence electrons. The topological polar surface area (TPSA) is 63.7 Å². The smallest absolute Gasteiger partial charge is 0.255 e. The first-order valence-corrected chi connectivity index (χ1v) is 9.42. The number of ether oxygens (including phenoxy) is 2. The van der Waals surface area contributed by atoms with E-state index in [0.29, 0.717) is 31.9 Å². The number of benzene rings is 1. The van der Waals surface area contributed by atoms with E-state index in [2.05, 4.69) is 42.3 Å². The number of carbonyl (C=O) groups excluding carboxylic acids is 1. The molecule has 1 aromatic carbocycles. The molecule has 1 aromatic heterocycles. The van der Waals surface area contributed by atoms with Crippen molar-refractivity contribution >= 4 is 17.4 Å². The first kappa shape index (κ1) is 17.9. The van der Waals surface area contributed by atoms with Gasteiger partial charge in [0.25, 0.3) is 5.91 Å². The lowest BCUT2D eigenvalue weighted by Crippen LogP contribution is -2.47. The fourth-order valence-electron chi connectivity index (χ4n) is 3.81. The number of aryl methyl sites for hydroxylation is 2. The Hall–Kier alpha value is -2.44. The van der Waals surface area contributed by atoms with Gasteiger partial charge in [-0.05, 0) is 49.2 Å². The Morgan fingerprint density at radius 2 is 1.74 bits per heavy atom. The van der Waals surface area contributed by atoms with Crippen LogP contribution < -0.4 is 5.32 Å². The SMILES string of the molecule is Cc1cc(C)cc(Nc2ccc(C(=O)N3CCC4(CC3)OCCO4)cn2)c1. The summed E-state index contributed by atoms with van der Waals surface area (Å²) < 4.78 is 11.4. The van der Waals surface area contributed by atoms with Crippen LogP contribution in [-0.2, 0) is 9.47 Å². The highest BCUT2D eigenvalue weighted by Gasteiger charge is 2.40. The van der Waals surface area contributed by atoms with Gasteiger partial charge in [-0.1, -0.05) is 6.07 Å². The largest absolute Gasteiger partial charge is 0.347 e. The summed E-state index contributed by atoms with van der Waals surface area (Å²) in [6.45, 7) is 6.71. The summed E-state index contributed by atoms with van der Waals surface area (Å²) in [6.07, 6.45) is 3.08. The first-order valence-electron chi connectivity index (χ1n) is 9.42. The minimum Gasteiger partial charge on any atom is -0.347 e. The van der Waals surface area contributed by atoms with Crippen molar-refractivity contribution < 1.29 is 14.3 Å². The van der Waals surface area contributed by atoms with Gasteiger partial charge in [0.05, 0.1) is 18.8 Å². The van der Waals surface area contributed by atoms with E-state index in [0.717, 1.165) is 24.3 Å². The Balaban J connectivity index is 1.39. The number of nitrogens with one attached hydrogen (secondary N) is 1. The molecule has 0 radical (unpaired) electrons. The normalized spacial score (nSPS) is 18.7. The number of hydrogen-bond acceptors (Lipinski definition) is 5. The van der Waals surface area contributed by atoms with Crippen LogP contribution in [0.2, 0.25) is 0 Å². The Bertz CT molecular complexity index is 799. The molecule has 0 atom stereocenters. The molecule has 1 spiro atoms. The quantitative estimate of drug-likeness (QED) is 0.901. The van der Waals surface area contributed by atoms with Crippen LogP contribution in [0.15, 0.2) is 36.5 Å². The number of anilines is 2. The van der Waals surface area contributed by atoms with E-state index in [9.17, 15) is 4.79 Å². The van der Waals surface area contributed by atoms with Crippen LogP contribution in [0.1, 0.15) is 34.3 Å². The van der Waals surface area contributed by atoms with Crippen molar-refractivity contribution in [1.29, 1.82) is 0 Å². The van der Waals surface area contributed by atoms with E-state index in [1.54, 1.807) is 6.20 Å². The number of likely N-dealkylation sites (tertiary alicyclic amines) is 1. The molecule has 6 nitrogen and oxygen atoms in total. The number of aromatic nitrogens is 1. The molecule has 2 fully saturated rings. The van der Waals surface area contributed by atoms with Crippen molar-refractivity contribution in [1.82, 2.24) is 9.88 Å². The molecule has 2 saturated heterocycles. The lowest BCUT2D eigenvalue weighted by molar-refractivity contribution is -0.181. The molecule has 0 aliphatic carbocycles. The zero-order valence-corrected chi connectivity index (χ0v) is 15.8. The molecule has 1 amide bonds. The number of pyridine rings is 1. The lowest BCUT2D eigenvalue weighted by atomic mass is 10.0. The van der Waals surface area contributed by atoms with Crippen molar-refractivity contribution in [2.45, 2.75) is 32.5 Å². The molecule has 27 heavy (non-hydrogen) atoms. The lowest BCUT2D eigenvalue weighted by Gasteiger charge is -2.37. The van der Waals surface area contributed by atoms with Crippen molar-refractivity contribution in [2.75, 3.05) is 31.6 Å². The molecule has 0 unspecified atom stereocenters. The zero-order chi connectivity index (χ0) is 18.9. The Morgan fingerprint density at radius 1 is 1.07 bits per heavy atom. The Kier molecular flexibility index (Phi) is 4.85. The monoisotopic (exact) mass is 367 g/mol. The number of carbonyl (C=O) groups is 1. The third-order valence-corrected chi connectivity index (χ3v) is 5.13. The van der Waals surface area contributed by atoms with Crippen LogP contribution >= 0.6 is 0 Å². The summed E-state index contributed by atoms with van der Waals surface area (Å²) in [5, 5.41) is 3.30. The fourth-order valence-corrected chi connectivity index (χ4v) is 3.81. The van der Waals surface area contributed by atoms with Gasteiger partial charge in [-0.2, -0.15) is 0 Å². The predicted octanol–water partition coefficient (Wildman–Crippen LogP) is 3.42. The summed E-state index contributed by atoms with van der Waals surface area (Å²) >= 11 is 0. The molecular formula is C21H25N3O3. The summed E-state index contributed by atoms with van der Waals surface area (Å²) in [5.74, 6) is 0.268. The van der Waals surface area contributed by atoms with E-state index in [-0.39, 0.29) is 5.91 Å². The van der Waals surface area contributed by atoms with Crippen LogP contribution in [0.3, 0.4) is 0 Å². The summed E-state index contributed by atoms with van der Waals surface area (Å²) in [5.41, 5.74) is 3.99. The molecule has 2 aromatic rings. The Labute approximate surface area is 159 Å². The Morgan fingerprint density at radius 3 is 2.33 bits per heavy atom. The summed E-state index contributed by atoms with van der Waals surface area (Å²) in [6, 6.07) is 9.95. The van der Waals surface area contributed by atoms with Crippen molar-refractivity contribution in [2.24, 2.45) is 0 Å². The standard InChI is InChI=1S/C21H25N3O3/c1-15-11-16(2)13-18(12-15)23-19-4-3-17(14-22-19)20(25)24-7-5-21(6-8-24)26-9-10-27-21/h3-4,11-14H,5-10H2,1-2H3,(H,22,23). The van der Waals surface area contributed by atoms with Crippen LogP contribution in [0.25, 0.3) is 0 Å². The maximum Gasteiger partial charge on any atom is 0.255 e. The molecule has 6 heteroatoms. The van der Waals surface area contributed by atoms with Crippen LogP contribution in [-0.4, -0.2) is 47.9 Å². The second-order valence-electron chi connectivity index (χ2n) is 7.33. The summed E-state index contributed by atoms with van der Waals surface area (Å²) in [4.78, 5) is 19.0. The minimum absolute atomic E-state index is 0.00768. The second-order valence-corrected chi connectivity index (χ2v) is 7.33. The third kappa shape index (κ3) is 3.96. The van der Waals surface area contributed by atoms with Gasteiger partial charge >= 0.3 is 0 Å². The highest BCUT2D eigenvalue weighted by molar-refractivity contribution is 5.94. The van der Waals surface area contributed by atoms with E-state index in [1.165, 1.54) is 11.1 Å². The van der Waals surface area contributed by atoms with Crippen molar-refractivity contribution in [3.63, 3.8) is 0 Å². The van der Waals surface area contributed by atoms with Gasteiger partial charge in [-0.3, -0.25) is 4.79 Å². The molecule has 3 heterocycles. The maximum absolute atomic E-state index is 12.7. The van der Waals surface area contributed by atoms with E-state index < -0.39 is 5.79 Å². The van der Waals surface area contributed by atoms with Crippen molar-refractivity contribution in [3.8, 4) is 0 Å². The molecule has 4 rings (SSSR count). The van der Waals surface area contributed by atoms with E-state index in [4.69, 9.17) is 9.47 Å². The molecule has 1 N–H and O–H groups in total. The summed E-state index contributed by atoms with van der Waals surface area (Å²) in [7, 11) is 0. The third-order valence-electron chi connectivity index (χ3n) is 5.13. The van der Waals surface area contributed by atoms with Gasteiger partial charge in [0.1, 0.15) is 5.82 Å². The second kappa shape index (κ2) is 7.29. The number of hydrogen-bond donors (Lipinski definition) is 1. The average molecular weight is 367 g/mol. The number of amides is 1. The van der Waals surface area contributed by atoms with Gasteiger partial charge < -0.3 is 19.7 Å². The van der Waals surface area contributed by atoms with Gasteiger partial charge in [0, 0.05) is 37.8 Å². The molecule has 0 saturated carbocycles. The van der Waals surface area contributed by atoms with Crippen LogP contribution in [0, 0.1) is 13.8 Å². The molecule has 2 aliphatic rings. The number of piperidine rings is 1. The maximum atomic E-state index is 12.7. The number of nitrogens with zero attached hydrogens (tertiary/aromatic N) is 2. The van der Waals surface area contributed by atoms with Crippen LogP contribution in [0.5, 0.6) is 0 Å². The van der Waals surface area contributed by atoms with E-state index >= 15 is 0 Å². The molecule has 0 bridgehead atoms. The molecular weight excluding hydrogens is 342 g/mol. The van der Waals surface area contributed by atoms with Gasteiger partial charge in [0.2, 0.25) is 0 Å². The van der Waals surface area contributed by atoms with E-state index in [1.807, 2.05) is 17.0 Å². The van der Waals surface area contributed by atoms with Crippen LogP contribution in [0.4, 0.5) is 11.5 Å². The number of rotatable bonds is 3. The minimum atomic E-state index is -0.464. The average Bonchev–Trinajstić information content (AvgIpc) is 3.10. The highest BCUT2D eigenvalue weighted by atomic mass is 16.7. The van der Waals surface area contributed by atoms with Gasteiger partial charge in [0.15, 0.2) is 5.79 Å². The van der Waals surface area contributed by atoms with Gasteiger partial charge in [-0.25, -0.2) is 4.98 Å².